The summed E-state index contributed by atoms with van der Waals surface area (Å²) in [7, 11) is 0. The van der Waals surface area contributed by atoms with Crippen LogP contribution in [0.5, 0.6) is 0 Å². The number of aromatic nitrogens is 1. The lowest BCUT2D eigenvalue weighted by molar-refractivity contribution is 0.215. The van der Waals surface area contributed by atoms with E-state index in [0.29, 0.717) is 6.54 Å². The molecule has 0 bridgehead atoms. The van der Waals surface area contributed by atoms with E-state index in [-0.39, 0.29) is 6.03 Å². The van der Waals surface area contributed by atoms with Gasteiger partial charge in [-0.25, -0.2) is 4.79 Å². The van der Waals surface area contributed by atoms with Crippen molar-refractivity contribution < 1.29 is 4.79 Å². The standard InChI is InChI=1S/C20H23N3O/c1-16-11-14-23(15-12-16)20(24)22-19-9-6-17(7-10-19)5-8-18-4-2-3-13-21-18/h2-4,6-7,9-11,13H,5,8,12,14-15H2,1H3,(H,22,24). The summed E-state index contributed by atoms with van der Waals surface area (Å²) in [5.74, 6) is 0. The highest BCUT2D eigenvalue weighted by Gasteiger charge is 2.15. The molecule has 3 rings (SSSR count). The Bertz CT molecular complexity index is 707. The van der Waals surface area contributed by atoms with Crippen LogP contribution in [0.25, 0.3) is 0 Å². The van der Waals surface area contributed by atoms with Crippen molar-refractivity contribution in [2.24, 2.45) is 0 Å². The number of pyridine rings is 1. The Morgan fingerprint density at radius 2 is 2.00 bits per heavy atom. The Balaban J connectivity index is 1.52. The van der Waals surface area contributed by atoms with Crippen molar-refractivity contribution in [1.29, 1.82) is 0 Å². The van der Waals surface area contributed by atoms with Crippen molar-refractivity contribution in [3.8, 4) is 0 Å². The van der Waals surface area contributed by atoms with Gasteiger partial charge in [-0.1, -0.05) is 29.8 Å². The first-order chi connectivity index (χ1) is 11.7. The van der Waals surface area contributed by atoms with Gasteiger partial charge in [0.15, 0.2) is 0 Å². The second-order valence-corrected chi connectivity index (χ2v) is 6.19. The minimum atomic E-state index is -0.0278. The zero-order valence-electron chi connectivity index (χ0n) is 14.0. The molecular weight excluding hydrogens is 298 g/mol. The van der Waals surface area contributed by atoms with E-state index in [4.69, 9.17) is 0 Å². The van der Waals surface area contributed by atoms with Gasteiger partial charge in [-0.05, 0) is 56.0 Å². The quantitative estimate of drug-likeness (QED) is 0.864. The smallest absolute Gasteiger partial charge is 0.320 e. The Morgan fingerprint density at radius 1 is 1.17 bits per heavy atom. The summed E-state index contributed by atoms with van der Waals surface area (Å²) >= 11 is 0. The minimum absolute atomic E-state index is 0.0278. The molecule has 4 nitrogen and oxygen atoms in total. The molecule has 0 unspecified atom stereocenters. The highest BCUT2D eigenvalue weighted by atomic mass is 16.2. The molecule has 0 atom stereocenters. The third-order valence-corrected chi connectivity index (χ3v) is 4.32. The van der Waals surface area contributed by atoms with Crippen molar-refractivity contribution >= 4 is 11.7 Å². The number of benzene rings is 1. The summed E-state index contributed by atoms with van der Waals surface area (Å²) in [6.45, 7) is 3.59. The zero-order valence-corrected chi connectivity index (χ0v) is 14.0. The Labute approximate surface area is 143 Å². The number of hydrogen-bond acceptors (Lipinski definition) is 2. The molecule has 0 spiro atoms. The largest absolute Gasteiger partial charge is 0.322 e. The second-order valence-electron chi connectivity index (χ2n) is 6.19. The molecule has 0 saturated heterocycles. The summed E-state index contributed by atoms with van der Waals surface area (Å²) in [5, 5.41) is 2.97. The lowest BCUT2D eigenvalue weighted by Crippen LogP contribution is -2.37. The lowest BCUT2D eigenvalue weighted by Gasteiger charge is -2.25. The van der Waals surface area contributed by atoms with E-state index in [1.807, 2.05) is 41.4 Å². The van der Waals surface area contributed by atoms with Crippen LogP contribution >= 0.6 is 0 Å². The number of carbonyl (C=O) groups excluding carboxylic acids is 1. The van der Waals surface area contributed by atoms with Crippen LogP contribution in [0.3, 0.4) is 0 Å². The first kappa shape index (κ1) is 16.2. The fraction of sp³-hybridized carbons (Fsp3) is 0.300. The summed E-state index contributed by atoms with van der Waals surface area (Å²) < 4.78 is 0. The van der Waals surface area contributed by atoms with Gasteiger partial charge >= 0.3 is 6.03 Å². The van der Waals surface area contributed by atoms with E-state index in [1.165, 1.54) is 11.1 Å². The van der Waals surface area contributed by atoms with Crippen molar-refractivity contribution in [2.75, 3.05) is 18.4 Å². The highest BCUT2D eigenvalue weighted by molar-refractivity contribution is 5.89. The maximum Gasteiger partial charge on any atom is 0.322 e. The van der Waals surface area contributed by atoms with Crippen molar-refractivity contribution in [3.63, 3.8) is 0 Å². The molecule has 124 valence electrons. The normalized spacial score (nSPS) is 14.2. The predicted octanol–water partition coefficient (Wildman–Crippen LogP) is 4.05. The number of aryl methyl sites for hydroxylation is 2. The van der Waals surface area contributed by atoms with Gasteiger partial charge in [0.05, 0.1) is 0 Å². The summed E-state index contributed by atoms with van der Waals surface area (Å²) in [6, 6.07) is 14.0. The Kier molecular flexibility index (Phi) is 5.26. The van der Waals surface area contributed by atoms with Gasteiger partial charge < -0.3 is 10.2 Å². The summed E-state index contributed by atoms with van der Waals surface area (Å²) in [6.07, 6.45) is 6.77. The van der Waals surface area contributed by atoms with Crippen LogP contribution in [-0.4, -0.2) is 29.0 Å². The van der Waals surface area contributed by atoms with Crippen LogP contribution < -0.4 is 5.32 Å². The average Bonchev–Trinajstić information content (AvgIpc) is 2.62. The molecule has 2 heterocycles. The molecule has 0 saturated carbocycles. The lowest BCUT2D eigenvalue weighted by atomic mass is 10.1. The fourth-order valence-corrected chi connectivity index (χ4v) is 2.73. The number of amides is 2. The molecule has 1 N–H and O–H groups in total. The third-order valence-electron chi connectivity index (χ3n) is 4.32. The molecule has 1 aliphatic heterocycles. The molecule has 4 heteroatoms. The van der Waals surface area contributed by atoms with Crippen LogP contribution in [-0.2, 0) is 12.8 Å². The Morgan fingerprint density at radius 3 is 2.67 bits per heavy atom. The zero-order chi connectivity index (χ0) is 16.8. The third kappa shape index (κ3) is 4.44. The van der Waals surface area contributed by atoms with E-state index in [1.54, 1.807) is 0 Å². The van der Waals surface area contributed by atoms with Crippen LogP contribution in [0.4, 0.5) is 10.5 Å². The molecule has 0 radical (unpaired) electrons. The van der Waals surface area contributed by atoms with Crippen molar-refractivity contribution in [3.05, 3.63) is 71.6 Å². The number of hydrogen-bond donors (Lipinski definition) is 1. The van der Waals surface area contributed by atoms with Gasteiger partial charge in [-0.15, -0.1) is 0 Å². The van der Waals surface area contributed by atoms with Crippen LogP contribution in [0, 0.1) is 0 Å². The van der Waals surface area contributed by atoms with Crippen molar-refractivity contribution in [1.82, 2.24) is 9.88 Å². The van der Waals surface area contributed by atoms with Gasteiger partial charge in [-0.2, -0.15) is 0 Å². The van der Waals surface area contributed by atoms with E-state index >= 15 is 0 Å². The second kappa shape index (κ2) is 7.77. The predicted molar refractivity (Wildman–Crippen MR) is 97.1 cm³/mol. The number of nitrogens with zero attached hydrogens (tertiary/aromatic N) is 2. The molecule has 0 aliphatic carbocycles. The minimum Gasteiger partial charge on any atom is -0.320 e. The van der Waals surface area contributed by atoms with Gasteiger partial charge in [0.2, 0.25) is 0 Å². The summed E-state index contributed by atoms with van der Waals surface area (Å²) in [4.78, 5) is 18.4. The maximum absolute atomic E-state index is 12.2. The van der Waals surface area contributed by atoms with Crippen LogP contribution in [0.2, 0.25) is 0 Å². The molecule has 24 heavy (non-hydrogen) atoms. The van der Waals surface area contributed by atoms with E-state index in [0.717, 1.165) is 37.2 Å². The maximum atomic E-state index is 12.2. The topological polar surface area (TPSA) is 45.2 Å². The fourth-order valence-electron chi connectivity index (χ4n) is 2.73. The number of rotatable bonds is 4. The number of carbonyl (C=O) groups is 1. The Hall–Kier alpha value is -2.62. The van der Waals surface area contributed by atoms with E-state index < -0.39 is 0 Å². The molecule has 0 fully saturated rings. The van der Waals surface area contributed by atoms with E-state index in [2.05, 4.69) is 35.4 Å². The van der Waals surface area contributed by atoms with E-state index in [9.17, 15) is 4.79 Å². The first-order valence-corrected chi connectivity index (χ1v) is 8.41. The molecule has 2 aromatic rings. The summed E-state index contributed by atoms with van der Waals surface area (Å²) in [5.41, 5.74) is 4.54. The highest BCUT2D eigenvalue weighted by Crippen LogP contribution is 2.14. The van der Waals surface area contributed by atoms with Gasteiger partial charge in [0.25, 0.3) is 0 Å². The van der Waals surface area contributed by atoms with Crippen LogP contribution in [0.15, 0.2) is 60.3 Å². The average molecular weight is 321 g/mol. The van der Waals surface area contributed by atoms with Gasteiger partial charge in [0, 0.05) is 30.7 Å². The first-order valence-electron chi connectivity index (χ1n) is 8.41. The van der Waals surface area contributed by atoms with Crippen molar-refractivity contribution in [2.45, 2.75) is 26.2 Å². The molecule has 1 aliphatic rings. The molecular formula is C20H23N3O. The van der Waals surface area contributed by atoms with Gasteiger partial charge in [0.1, 0.15) is 0 Å². The molecule has 2 amide bonds. The molecule has 1 aromatic heterocycles. The van der Waals surface area contributed by atoms with Crippen LogP contribution in [0.1, 0.15) is 24.6 Å². The number of nitrogens with one attached hydrogen (secondary N) is 1. The molecule has 1 aromatic carbocycles. The number of anilines is 1. The van der Waals surface area contributed by atoms with Gasteiger partial charge in [-0.3, -0.25) is 4.98 Å². The number of urea groups is 1. The SMILES string of the molecule is CC1=CCN(C(=O)Nc2ccc(CCc3ccccn3)cc2)CC1. The monoisotopic (exact) mass is 321 g/mol.